The lowest BCUT2D eigenvalue weighted by Crippen LogP contribution is -2.09. The van der Waals surface area contributed by atoms with Crippen LogP contribution in [0.25, 0.3) is 27.6 Å². The third kappa shape index (κ3) is 6.81. The van der Waals surface area contributed by atoms with Crippen LogP contribution in [0, 0.1) is 11.3 Å². The Kier molecular flexibility index (Phi) is 9.32. The Hall–Kier alpha value is -6.68. The van der Waals surface area contributed by atoms with Crippen molar-refractivity contribution in [2.45, 2.75) is 0 Å². The molecule has 6 heteroatoms. The van der Waals surface area contributed by atoms with Gasteiger partial charge >= 0.3 is 5.97 Å². The highest BCUT2D eigenvalue weighted by atomic mass is 32.1. The molecule has 6 aromatic carbocycles. The number of hydrogen-bond acceptors (Lipinski definition) is 5. The van der Waals surface area contributed by atoms with E-state index in [2.05, 4.69) is 107 Å². The van der Waals surface area contributed by atoms with Gasteiger partial charge in [-0.1, -0.05) is 97.1 Å². The van der Waals surface area contributed by atoms with Crippen LogP contribution in [-0.4, -0.2) is 11.1 Å². The van der Waals surface area contributed by atoms with Gasteiger partial charge in [-0.15, -0.1) is 11.3 Å². The van der Waals surface area contributed by atoms with Crippen LogP contribution >= 0.6 is 11.3 Å². The van der Waals surface area contributed by atoms with E-state index in [1.807, 2.05) is 84.9 Å². The fourth-order valence-electron chi connectivity index (χ4n) is 5.95. The average Bonchev–Trinajstić information content (AvgIpc) is 3.60. The molecule has 1 heterocycles. The highest BCUT2D eigenvalue weighted by Crippen LogP contribution is 2.43. The predicted molar refractivity (Wildman–Crippen MR) is 206 cm³/mol. The lowest BCUT2D eigenvalue weighted by molar-refractivity contribution is -0.132. The zero-order chi connectivity index (χ0) is 34.3. The van der Waals surface area contributed by atoms with E-state index in [1.54, 1.807) is 0 Å². The van der Waals surface area contributed by atoms with Crippen LogP contribution in [0.15, 0.2) is 181 Å². The monoisotopic (exact) mass is 665 g/mol. The minimum Gasteiger partial charge on any atom is -0.477 e. The summed E-state index contributed by atoms with van der Waals surface area (Å²) < 4.78 is 0. The molecule has 7 rings (SSSR count). The van der Waals surface area contributed by atoms with E-state index in [9.17, 15) is 15.2 Å². The average molecular weight is 666 g/mol. The molecule has 1 N–H and O–H groups in total. The fraction of sp³-hybridized carbons (Fsp3) is 0. The summed E-state index contributed by atoms with van der Waals surface area (Å²) >= 11 is 1.46. The largest absolute Gasteiger partial charge is 0.477 e. The number of aliphatic carboxylic acids is 1. The molecule has 1 aromatic heterocycles. The summed E-state index contributed by atoms with van der Waals surface area (Å²) in [7, 11) is 0. The topological polar surface area (TPSA) is 67.6 Å². The number of carbonyl (C=O) groups is 1. The van der Waals surface area contributed by atoms with E-state index in [0.29, 0.717) is 4.88 Å². The van der Waals surface area contributed by atoms with Crippen molar-refractivity contribution in [1.29, 1.82) is 5.26 Å². The van der Waals surface area contributed by atoms with Gasteiger partial charge in [-0.3, -0.25) is 0 Å². The summed E-state index contributed by atoms with van der Waals surface area (Å²) in [6.45, 7) is 0. The van der Waals surface area contributed by atoms with Crippen molar-refractivity contribution < 1.29 is 9.90 Å². The first-order valence-electron chi connectivity index (χ1n) is 16.1. The third-order valence-electron chi connectivity index (χ3n) is 8.27. The van der Waals surface area contributed by atoms with E-state index in [1.165, 1.54) is 17.4 Å². The number of carboxylic acids is 1. The first-order valence-corrected chi connectivity index (χ1v) is 16.9. The van der Waals surface area contributed by atoms with Crippen LogP contribution in [0.4, 0.5) is 34.1 Å². The van der Waals surface area contributed by atoms with Crippen molar-refractivity contribution in [2.75, 3.05) is 9.80 Å². The quantitative estimate of drug-likeness (QED) is 0.116. The molecule has 240 valence electrons. The van der Waals surface area contributed by atoms with Gasteiger partial charge in [-0.05, 0) is 96.1 Å². The number of nitrogens with zero attached hydrogens (tertiary/aromatic N) is 3. The number of thiophene rings is 1. The Balaban J connectivity index is 1.30. The summed E-state index contributed by atoms with van der Waals surface area (Å²) in [4.78, 5) is 17.8. The van der Waals surface area contributed by atoms with Gasteiger partial charge in [0.1, 0.15) is 11.6 Å². The van der Waals surface area contributed by atoms with Crippen molar-refractivity contribution in [2.24, 2.45) is 0 Å². The standard InChI is InChI=1S/C44H31N3O2S/c45-31-34(44(48)49)29-41-30-42(32-21-25-39(26-22-32)46(35-13-5-1-6-14-35)36-15-7-2-8-16-36)43(50-41)33-23-27-40(28-24-33)47(37-17-9-3-10-18-37)38-19-11-4-12-20-38/h1-30H,(H,48,49)/b34-29-. The van der Waals surface area contributed by atoms with E-state index in [0.717, 1.165) is 55.7 Å². The number of anilines is 6. The van der Waals surface area contributed by atoms with Crippen molar-refractivity contribution in [3.63, 3.8) is 0 Å². The van der Waals surface area contributed by atoms with Crippen LogP contribution in [-0.2, 0) is 4.79 Å². The number of para-hydroxylation sites is 4. The second-order valence-electron chi connectivity index (χ2n) is 11.5. The molecule has 0 aliphatic rings. The van der Waals surface area contributed by atoms with Gasteiger partial charge < -0.3 is 14.9 Å². The SMILES string of the molecule is N#C/C(=C/c1cc(-c2ccc(N(c3ccccc3)c3ccccc3)cc2)c(-c2ccc(N(c3ccccc3)c3ccccc3)cc2)s1)C(=O)O. The molecule has 0 aliphatic carbocycles. The van der Waals surface area contributed by atoms with Crippen molar-refractivity contribution in [3.05, 3.63) is 186 Å². The maximum Gasteiger partial charge on any atom is 0.346 e. The number of nitriles is 1. The van der Waals surface area contributed by atoms with Gasteiger partial charge in [0.2, 0.25) is 0 Å². The van der Waals surface area contributed by atoms with Crippen LogP contribution < -0.4 is 9.80 Å². The fourth-order valence-corrected chi connectivity index (χ4v) is 7.08. The summed E-state index contributed by atoms with van der Waals surface area (Å²) in [5.41, 5.74) is 8.83. The normalized spacial score (nSPS) is 11.1. The Labute approximate surface area is 295 Å². The van der Waals surface area contributed by atoms with Gasteiger partial charge in [-0.2, -0.15) is 5.26 Å². The Morgan fingerprint density at radius 1 is 0.540 bits per heavy atom. The second-order valence-corrected chi connectivity index (χ2v) is 12.6. The number of rotatable bonds is 10. The number of benzene rings is 6. The summed E-state index contributed by atoms with van der Waals surface area (Å²) in [6, 6.07) is 61.6. The smallest absolute Gasteiger partial charge is 0.346 e. The molecular formula is C44H31N3O2S. The molecule has 5 nitrogen and oxygen atoms in total. The molecule has 0 unspecified atom stereocenters. The van der Waals surface area contributed by atoms with Gasteiger partial charge in [0.15, 0.2) is 0 Å². The van der Waals surface area contributed by atoms with Crippen LogP contribution in [0.1, 0.15) is 4.88 Å². The molecule has 0 atom stereocenters. The van der Waals surface area contributed by atoms with Gasteiger partial charge in [-0.25, -0.2) is 4.79 Å². The molecule has 0 bridgehead atoms. The Morgan fingerprint density at radius 3 is 1.26 bits per heavy atom. The first-order chi connectivity index (χ1) is 24.6. The molecule has 50 heavy (non-hydrogen) atoms. The van der Waals surface area contributed by atoms with E-state index < -0.39 is 5.97 Å². The molecule has 0 saturated heterocycles. The maximum absolute atomic E-state index is 11.7. The second kappa shape index (κ2) is 14.6. The van der Waals surface area contributed by atoms with E-state index in [-0.39, 0.29) is 5.57 Å². The van der Waals surface area contributed by atoms with Crippen LogP contribution in [0.5, 0.6) is 0 Å². The predicted octanol–water partition coefficient (Wildman–Crippen LogP) is 12.0. The molecule has 0 spiro atoms. The van der Waals surface area contributed by atoms with E-state index >= 15 is 0 Å². The summed E-state index contributed by atoms with van der Waals surface area (Å²) in [6.07, 6.45) is 1.45. The first kappa shape index (κ1) is 31.9. The molecule has 0 fully saturated rings. The summed E-state index contributed by atoms with van der Waals surface area (Å²) in [5.74, 6) is -1.25. The zero-order valence-corrected chi connectivity index (χ0v) is 27.7. The lowest BCUT2D eigenvalue weighted by atomic mass is 10.0. The molecule has 0 saturated carbocycles. The number of hydrogen-bond donors (Lipinski definition) is 1. The minimum absolute atomic E-state index is 0.308. The van der Waals surface area contributed by atoms with Crippen molar-refractivity contribution in [3.8, 4) is 27.6 Å². The Bertz CT molecular complexity index is 2060. The molecule has 7 aromatic rings. The van der Waals surface area contributed by atoms with Crippen molar-refractivity contribution in [1.82, 2.24) is 0 Å². The van der Waals surface area contributed by atoms with E-state index in [4.69, 9.17) is 0 Å². The zero-order valence-electron chi connectivity index (χ0n) is 26.9. The molecule has 0 radical (unpaired) electrons. The highest BCUT2D eigenvalue weighted by Gasteiger charge is 2.18. The van der Waals surface area contributed by atoms with Crippen molar-refractivity contribution >= 4 is 57.5 Å². The summed E-state index contributed by atoms with van der Waals surface area (Å²) in [5, 5.41) is 19.1. The molecule has 0 amide bonds. The molecule has 0 aliphatic heterocycles. The highest BCUT2D eigenvalue weighted by molar-refractivity contribution is 7.17. The lowest BCUT2D eigenvalue weighted by Gasteiger charge is -2.25. The Morgan fingerprint density at radius 2 is 0.900 bits per heavy atom. The minimum atomic E-state index is -1.25. The van der Waals surface area contributed by atoms with Gasteiger partial charge in [0, 0.05) is 49.4 Å². The van der Waals surface area contributed by atoms with Crippen LogP contribution in [0.2, 0.25) is 0 Å². The van der Waals surface area contributed by atoms with Gasteiger partial charge in [0.25, 0.3) is 0 Å². The number of carboxylic acid groups (broad SMARTS) is 1. The maximum atomic E-state index is 11.7. The molecular weight excluding hydrogens is 635 g/mol. The third-order valence-corrected chi connectivity index (χ3v) is 9.40. The van der Waals surface area contributed by atoms with Crippen LogP contribution in [0.3, 0.4) is 0 Å². The van der Waals surface area contributed by atoms with Gasteiger partial charge in [0.05, 0.1) is 0 Å².